The van der Waals surface area contributed by atoms with E-state index < -0.39 is 7.82 Å². The third kappa shape index (κ3) is 212. The zero-order valence-corrected chi connectivity index (χ0v) is 9.09. The molecule has 0 saturated carbocycles. The first-order chi connectivity index (χ1) is 2.00. The molecule has 0 unspecified atom stereocenters. The molecule has 56 valence electrons. The fourth-order valence-electron chi connectivity index (χ4n) is 0. The van der Waals surface area contributed by atoms with E-state index in [0.717, 1.165) is 0 Å². The van der Waals surface area contributed by atoms with E-state index in [1.165, 1.54) is 0 Å². The van der Waals surface area contributed by atoms with Crippen molar-refractivity contribution in [2.24, 2.45) is 0 Å². The topological polar surface area (TPSA) is 182 Å². The van der Waals surface area contributed by atoms with E-state index >= 15 is 0 Å². The second kappa shape index (κ2) is 12.3. The van der Waals surface area contributed by atoms with Crippen molar-refractivity contribution in [1.82, 2.24) is 12.3 Å². The minimum atomic E-state index is -4.89. The van der Waals surface area contributed by atoms with Gasteiger partial charge in [-0.05, 0) is 0 Å². The van der Waals surface area contributed by atoms with Crippen LogP contribution in [0.5, 0.6) is 0 Å². The number of hydrogen-bond acceptors (Lipinski definition) is 4. The second-order valence-electron chi connectivity index (χ2n) is 0.491. The van der Waals surface area contributed by atoms with Gasteiger partial charge in [0, 0.05) is 0 Å². The second-order valence-corrected chi connectivity index (χ2v) is 1.47. The number of phosphoric acid groups is 1. The van der Waals surface area contributed by atoms with Gasteiger partial charge in [-0.15, -0.1) is 0 Å². The molecule has 9 heteroatoms. The minimum absolute atomic E-state index is 0. The minimum Gasteiger partial charge on any atom is -0.756 e. The third-order valence-electron chi connectivity index (χ3n) is 0. The van der Waals surface area contributed by atoms with Gasteiger partial charge in [0.2, 0.25) is 0 Å². The molecule has 10 N–H and O–H groups in total. The first kappa shape index (κ1) is 31.1. The molecular weight excluding hydrogens is 178 g/mol. The quantitative estimate of drug-likeness (QED) is 0.218. The van der Waals surface area contributed by atoms with Crippen LogP contribution in [0.15, 0.2) is 0 Å². The molecule has 0 aromatic heterocycles. The molecule has 0 heterocycles. The Morgan fingerprint density at radius 2 is 1.22 bits per heavy atom. The van der Waals surface area contributed by atoms with Gasteiger partial charge in [0.25, 0.3) is 7.82 Å². The third-order valence-corrected chi connectivity index (χ3v) is 0. The van der Waals surface area contributed by atoms with Crippen molar-refractivity contribution in [3.05, 3.63) is 0 Å². The number of rotatable bonds is 0. The van der Waals surface area contributed by atoms with E-state index in [4.69, 9.17) is 19.2 Å². The first-order valence-corrected chi connectivity index (χ1v) is 2.30. The van der Waals surface area contributed by atoms with E-state index in [0.29, 0.717) is 0 Å². The summed E-state index contributed by atoms with van der Waals surface area (Å²) in [4.78, 5) is 22.9. The molecule has 0 fully saturated rings. The fraction of sp³-hybridized carbons (Fsp3) is 0. The van der Waals surface area contributed by atoms with E-state index in [1.807, 2.05) is 0 Å². The maximum Gasteiger partial charge on any atom is 1.00 e. The van der Waals surface area contributed by atoms with Crippen LogP contribution in [-0.4, -0.2) is 15.3 Å². The van der Waals surface area contributed by atoms with Crippen molar-refractivity contribution >= 4 is 7.82 Å². The summed E-state index contributed by atoms with van der Waals surface area (Å²) in [5.41, 5.74) is 0. The van der Waals surface area contributed by atoms with Crippen molar-refractivity contribution in [2.75, 3.05) is 0 Å². The first-order valence-electron chi connectivity index (χ1n) is 0.765. The Hall–Kier alpha value is 1.63. The van der Waals surface area contributed by atoms with Crippen LogP contribution in [0.1, 0.15) is 0 Å². The molecule has 0 rings (SSSR count). The van der Waals surface area contributed by atoms with Gasteiger partial charge in [-0.1, -0.05) is 0 Å². The van der Waals surface area contributed by atoms with Crippen LogP contribution in [0, 0.1) is 0 Å². The summed E-state index contributed by atoms with van der Waals surface area (Å²) >= 11 is 0. The standard InChI is InChI=1S/K.2H3N.H3O4P.H2O/c;;;1-5(2,3)4;/h;2*1H3;(H3,1,2,3,4);1H2/q+1;;;;/p-1. The summed E-state index contributed by atoms with van der Waals surface area (Å²) in [6.45, 7) is 0. The van der Waals surface area contributed by atoms with Gasteiger partial charge in [-0.3, -0.25) is 4.57 Å². The number of hydrogen-bond donors (Lipinski definition) is 4. The van der Waals surface area contributed by atoms with Crippen molar-refractivity contribution < 1.29 is 76.1 Å². The Bertz CT molecular complexity index is 61.1. The molecule has 0 bridgehead atoms. The molecule has 9 heavy (non-hydrogen) atoms. The van der Waals surface area contributed by atoms with Gasteiger partial charge in [0.1, 0.15) is 0 Å². The molecule has 0 spiro atoms. The van der Waals surface area contributed by atoms with Gasteiger partial charge in [0.05, 0.1) is 0 Å². The molecule has 0 aromatic rings. The normalized spacial score (nSPS) is 6.56. The summed E-state index contributed by atoms with van der Waals surface area (Å²) < 4.78 is 8.77. The molecule has 0 aliphatic carbocycles. The smallest absolute Gasteiger partial charge is 0.756 e. The summed E-state index contributed by atoms with van der Waals surface area (Å²) in [5, 5.41) is 0. The summed E-state index contributed by atoms with van der Waals surface area (Å²) in [6.07, 6.45) is 0. The van der Waals surface area contributed by atoms with Crippen molar-refractivity contribution in [3.8, 4) is 0 Å². The van der Waals surface area contributed by atoms with Crippen LogP contribution in [0.3, 0.4) is 0 Å². The van der Waals surface area contributed by atoms with Crippen LogP contribution in [0.25, 0.3) is 0 Å². The molecule has 7 nitrogen and oxygen atoms in total. The molecule has 0 radical (unpaired) electrons. The van der Waals surface area contributed by atoms with E-state index in [9.17, 15) is 0 Å². The molecular formula is H10KN2O5P. The molecule has 0 saturated heterocycles. The average molecular weight is 188 g/mol. The van der Waals surface area contributed by atoms with Gasteiger partial charge in [0.15, 0.2) is 0 Å². The fourth-order valence-corrected chi connectivity index (χ4v) is 0. The van der Waals surface area contributed by atoms with Crippen LogP contribution >= 0.6 is 7.82 Å². The maximum absolute atomic E-state index is 8.77. The predicted octanol–water partition coefficient (Wildman–Crippen LogP) is -5.06. The van der Waals surface area contributed by atoms with E-state index in [2.05, 4.69) is 0 Å². The van der Waals surface area contributed by atoms with Crippen molar-refractivity contribution in [1.29, 1.82) is 0 Å². The van der Waals surface area contributed by atoms with Crippen LogP contribution in [0.2, 0.25) is 0 Å². The molecule has 0 aliphatic rings. The molecule has 0 atom stereocenters. The van der Waals surface area contributed by atoms with Crippen LogP contribution in [0.4, 0.5) is 0 Å². The van der Waals surface area contributed by atoms with Gasteiger partial charge < -0.3 is 32.5 Å². The largest absolute Gasteiger partial charge is 1.00 e. The summed E-state index contributed by atoms with van der Waals surface area (Å²) in [6, 6.07) is 0. The summed E-state index contributed by atoms with van der Waals surface area (Å²) in [5.74, 6) is 0. The molecule has 0 aromatic carbocycles. The van der Waals surface area contributed by atoms with Crippen molar-refractivity contribution in [2.45, 2.75) is 0 Å². The van der Waals surface area contributed by atoms with E-state index in [-0.39, 0.29) is 69.2 Å². The van der Waals surface area contributed by atoms with Gasteiger partial charge in [-0.25, -0.2) is 0 Å². The molecule has 0 aliphatic heterocycles. The Kier molecular flexibility index (Phi) is 42.6. The van der Waals surface area contributed by atoms with Crippen LogP contribution < -0.4 is 68.6 Å². The van der Waals surface area contributed by atoms with Crippen LogP contribution in [-0.2, 0) is 4.57 Å². The maximum atomic E-state index is 8.77. The van der Waals surface area contributed by atoms with Crippen molar-refractivity contribution in [3.63, 3.8) is 0 Å². The van der Waals surface area contributed by atoms with Gasteiger partial charge in [-0.2, -0.15) is 0 Å². The zero-order valence-electron chi connectivity index (χ0n) is 5.07. The molecule has 0 amide bonds. The predicted molar refractivity (Wildman–Crippen MR) is 25.7 cm³/mol. The Labute approximate surface area is 95.0 Å². The Morgan fingerprint density at radius 1 is 1.22 bits per heavy atom. The Morgan fingerprint density at radius 3 is 1.22 bits per heavy atom. The average Bonchev–Trinajstić information content (AvgIpc) is 0.722. The SMILES string of the molecule is N.N.O.O=P([O-])(O)O.[K+]. The Balaban J connectivity index is -0.0000000133. The summed E-state index contributed by atoms with van der Waals surface area (Å²) in [7, 11) is -4.89. The van der Waals surface area contributed by atoms with E-state index in [1.54, 1.807) is 0 Å². The monoisotopic (exact) mass is 188 g/mol. The van der Waals surface area contributed by atoms with Gasteiger partial charge >= 0.3 is 51.4 Å². The zero-order chi connectivity index (χ0) is 4.50.